The van der Waals surface area contributed by atoms with Crippen LogP contribution in [-0.2, 0) is 16.1 Å². The van der Waals surface area contributed by atoms with Gasteiger partial charge in [-0.1, -0.05) is 34.1 Å². The van der Waals surface area contributed by atoms with Gasteiger partial charge in [-0.15, -0.1) is 0 Å². The zero-order valence-electron chi connectivity index (χ0n) is 15.3. The van der Waals surface area contributed by atoms with E-state index in [1.165, 1.54) is 5.56 Å². The van der Waals surface area contributed by atoms with E-state index in [0.29, 0.717) is 19.4 Å². The Morgan fingerprint density at radius 3 is 2.78 bits per heavy atom. The highest BCUT2D eigenvalue weighted by atomic mass is 79.9. The highest BCUT2D eigenvalue weighted by molar-refractivity contribution is 9.10. The molecule has 1 N–H and O–H groups in total. The first-order chi connectivity index (χ1) is 13.2. The van der Waals surface area contributed by atoms with E-state index in [-0.39, 0.29) is 5.91 Å². The lowest BCUT2D eigenvalue weighted by atomic mass is 10.1. The van der Waals surface area contributed by atoms with Gasteiger partial charge in [0.1, 0.15) is 5.75 Å². The first-order valence-electron chi connectivity index (χ1n) is 9.26. The lowest BCUT2D eigenvalue weighted by molar-refractivity contribution is -0.116. The Bertz CT molecular complexity index is 748. The molecule has 5 nitrogen and oxygen atoms in total. The van der Waals surface area contributed by atoms with E-state index in [9.17, 15) is 4.79 Å². The third-order valence-corrected chi connectivity index (χ3v) is 4.83. The summed E-state index contributed by atoms with van der Waals surface area (Å²) in [5.74, 6) is 0.817. The van der Waals surface area contributed by atoms with Crippen LogP contribution in [0, 0.1) is 0 Å². The Hall–Kier alpha value is -1.89. The maximum Gasteiger partial charge on any atom is 0.224 e. The quantitative estimate of drug-likeness (QED) is 0.638. The van der Waals surface area contributed by atoms with Crippen molar-refractivity contribution in [3.8, 4) is 5.75 Å². The summed E-state index contributed by atoms with van der Waals surface area (Å²) in [6.45, 7) is 4.88. The minimum absolute atomic E-state index is 0.0105. The van der Waals surface area contributed by atoms with Gasteiger partial charge in [-0.3, -0.25) is 9.69 Å². The molecule has 0 saturated carbocycles. The second-order valence-corrected chi connectivity index (χ2v) is 7.46. The highest BCUT2D eigenvalue weighted by Crippen LogP contribution is 2.18. The van der Waals surface area contributed by atoms with Crippen LogP contribution in [0.15, 0.2) is 53.0 Å². The molecule has 0 atom stereocenters. The zero-order valence-corrected chi connectivity index (χ0v) is 16.9. The number of carbonyl (C=O) groups is 1. The normalized spacial score (nSPS) is 14.7. The highest BCUT2D eigenvalue weighted by Gasteiger charge is 2.11. The van der Waals surface area contributed by atoms with Gasteiger partial charge in [0, 0.05) is 36.2 Å². The molecule has 27 heavy (non-hydrogen) atoms. The van der Waals surface area contributed by atoms with E-state index in [1.807, 2.05) is 42.5 Å². The third-order valence-electron chi connectivity index (χ3n) is 4.33. The molecule has 144 valence electrons. The molecule has 1 saturated heterocycles. The fourth-order valence-electron chi connectivity index (χ4n) is 2.97. The molecule has 1 aliphatic rings. The predicted octanol–water partition coefficient (Wildman–Crippen LogP) is 4.08. The van der Waals surface area contributed by atoms with E-state index < -0.39 is 0 Å². The van der Waals surface area contributed by atoms with E-state index in [4.69, 9.17) is 9.47 Å². The maximum absolute atomic E-state index is 12.2. The van der Waals surface area contributed by atoms with Crippen LogP contribution in [0.2, 0.25) is 0 Å². The average Bonchev–Trinajstić information content (AvgIpc) is 2.66. The number of nitrogens with one attached hydrogen (secondary N) is 1. The van der Waals surface area contributed by atoms with Crippen molar-refractivity contribution in [1.29, 1.82) is 0 Å². The molecule has 0 radical (unpaired) electrons. The van der Waals surface area contributed by atoms with Crippen LogP contribution in [-0.4, -0.2) is 43.7 Å². The summed E-state index contributed by atoms with van der Waals surface area (Å²) in [5, 5.41) is 2.98. The van der Waals surface area contributed by atoms with Crippen molar-refractivity contribution < 1.29 is 14.3 Å². The van der Waals surface area contributed by atoms with Crippen LogP contribution in [0.4, 0.5) is 5.69 Å². The van der Waals surface area contributed by atoms with Gasteiger partial charge in [0.05, 0.1) is 19.8 Å². The van der Waals surface area contributed by atoms with Crippen LogP contribution >= 0.6 is 15.9 Å². The number of morpholine rings is 1. The summed E-state index contributed by atoms with van der Waals surface area (Å²) in [6, 6.07) is 15.8. The summed E-state index contributed by atoms with van der Waals surface area (Å²) in [4.78, 5) is 14.5. The number of anilines is 1. The Morgan fingerprint density at radius 1 is 1.15 bits per heavy atom. The van der Waals surface area contributed by atoms with Gasteiger partial charge in [-0.25, -0.2) is 0 Å². The minimum Gasteiger partial charge on any atom is -0.494 e. The molecule has 3 rings (SSSR count). The van der Waals surface area contributed by atoms with Crippen LogP contribution < -0.4 is 10.1 Å². The van der Waals surface area contributed by atoms with E-state index in [0.717, 1.165) is 48.8 Å². The first kappa shape index (κ1) is 19.9. The monoisotopic (exact) mass is 432 g/mol. The molecule has 1 aliphatic heterocycles. The minimum atomic E-state index is 0.0105. The molecule has 1 heterocycles. The molecule has 0 aliphatic carbocycles. The van der Waals surface area contributed by atoms with E-state index in [1.54, 1.807) is 0 Å². The molecular formula is C21H25BrN2O3. The van der Waals surface area contributed by atoms with Gasteiger partial charge in [0.2, 0.25) is 5.91 Å². The fourth-order valence-corrected chi connectivity index (χ4v) is 3.35. The maximum atomic E-state index is 12.2. The molecule has 2 aromatic rings. The standard InChI is InChI=1S/C21H25BrN2O3/c22-18-5-2-7-20(15-18)27-11-3-8-21(25)23-19-6-1-4-17(14-19)16-24-9-12-26-13-10-24/h1-2,4-7,14-15H,3,8-13,16H2,(H,23,25). The largest absolute Gasteiger partial charge is 0.494 e. The molecule has 1 fully saturated rings. The van der Waals surface area contributed by atoms with Gasteiger partial charge < -0.3 is 14.8 Å². The molecule has 0 spiro atoms. The summed E-state index contributed by atoms with van der Waals surface area (Å²) < 4.78 is 12.0. The van der Waals surface area contributed by atoms with Gasteiger partial charge in [-0.2, -0.15) is 0 Å². The smallest absolute Gasteiger partial charge is 0.224 e. The molecule has 2 aromatic carbocycles. The van der Waals surface area contributed by atoms with Crippen molar-refractivity contribution in [1.82, 2.24) is 4.90 Å². The van der Waals surface area contributed by atoms with E-state index >= 15 is 0 Å². The lowest BCUT2D eigenvalue weighted by Gasteiger charge is -2.26. The van der Waals surface area contributed by atoms with Crippen molar-refractivity contribution >= 4 is 27.5 Å². The SMILES string of the molecule is O=C(CCCOc1cccc(Br)c1)Nc1cccc(CN2CCOCC2)c1. The van der Waals surface area contributed by atoms with Crippen molar-refractivity contribution in [3.05, 3.63) is 58.6 Å². The van der Waals surface area contributed by atoms with Crippen LogP contribution in [0.1, 0.15) is 18.4 Å². The second kappa shape index (κ2) is 10.4. The van der Waals surface area contributed by atoms with Crippen LogP contribution in [0.5, 0.6) is 5.75 Å². The van der Waals surface area contributed by atoms with Crippen LogP contribution in [0.3, 0.4) is 0 Å². The molecular weight excluding hydrogens is 408 g/mol. The number of halogens is 1. The second-order valence-electron chi connectivity index (χ2n) is 6.55. The number of rotatable bonds is 8. The van der Waals surface area contributed by atoms with Crippen molar-refractivity contribution in [2.45, 2.75) is 19.4 Å². The summed E-state index contributed by atoms with van der Waals surface area (Å²) in [6.07, 6.45) is 1.10. The summed E-state index contributed by atoms with van der Waals surface area (Å²) >= 11 is 3.42. The van der Waals surface area contributed by atoms with E-state index in [2.05, 4.69) is 32.2 Å². The average molecular weight is 433 g/mol. The van der Waals surface area contributed by atoms with Gasteiger partial charge in [0.25, 0.3) is 0 Å². The number of carbonyl (C=O) groups excluding carboxylic acids is 1. The number of ether oxygens (including phenoxy) is 2. The van der Waals surface area contributed by atoms with Gasteiger partial charge in [0.15, 0.2) is 0 Å². The van der Waals surface area contributed by atoms with Crippen molar-refractivity contribution in [2.24, 2.45) is 0 Å². The Balaban J connectivity index is 1.40. The fraction of sp³-hybridized carbons (Fsp3) is 0.381. The van der Waals surface area contributed by atoms with Gasteiger partial charge >= 0.3 is 0 Å². The summed E-state index contributed by atoms with van der Waals surface area (Å²) in [7, 11) is 0. The Labute approximate surface area is 168 Å². The number of nitrogens with zero attached hydrogens (tertiary/aromatic N) is 1. The van der Waals surface area contributed by atoms with Crippen molar-refractivity contribution in [2.75, 3.05) is 38.2 Å². The molecule has 0 unspecified atom stereocenters. The lowest BCUT2D eigenvalue weighted by Crippen LogP contribution is -2.35. The molecule has 0 bridgehead atoms. The topological polar surface area (TPSA) is 50.8 Å². The number of hydrogen-bond acceptors (Lipinski definition) is 4. The molecule has 0 aromatic heterocycles. The summed E-state index contributed by atoms with van der Waals surface area (Å²) in [5.41, 5.74) is 2.05. The van der Waals surface area contributed by atoms with Gasteiger partial charge in [-0.05, 0) is 42.3 Å². The number of benzene rings is 2. The third kappa shape index (κ3) is 6.97. The number of amides is 1. The number of hydrogen-bond donors (Lipinski definition) is 1. The Morgan fingerprint density at radius 2 is 1.96 bits per heavy atom. The molecule has 1 amide bonds. The van der Waals surface area contributed by atoms with Crippen LogP contribution in [0.25, 0.3) is 0 Å². The van der Waals surface area contributed by atoms with Crippen molar-refractivity contribution in [3.63, 3.8) is 0 Å². The first-order valence-corrected chi connectivity index (χ1v) is 10.1. The Kier molecular flexibility index (Phi) is 7.68. The molecule has 6 heteroatoms. The zero-order chi connectivity index (χ0) is 18.9. The predicted molar refractivity (Wildman–Crippen MR) is 110 cm³/mol.